The fourth-order valence-corrected chi connectivity index (χ4v) is 1.52. The van der Waals surface area contributed by atoms with Crippen molar-refractivity contribution in [2.45, 2.75) is 12.6 Å². The molecule has 1 fully saturated rings. The predicted molar refractivity (Wildman–Crippen MR) is 46.5 cm³/mol. The third kappa shape index (κ3) is 1.49. The molecule has 2 heterocycles. The van der Waals surface area contributed by atoms with Crippen LogP contribution in [0.3, 0.4) is 0 Å². The van der Waals surface area contributed by atoms with E-state index in [4.69, 9.17) is 5.73 Å². The van der Waals surface area contributed by atoms with Crippen molar-refractivity contribution in [3.05, 3.63) is 18.0 Å². The number of hydrogen-bond donors (Lipinski definition) is 1. The van der Waals surface area contributed by atoms with E-state index < -0.39 is 0 Å². The molecule has 1 saturated heterocycles. The Morgan fingerprint density at radius 1 is 1.67 bits per heavy atom. The lowest BCUT2D eigenvalue weighted by molar-refractivity contribution is 0.140. The lowest BCUT2D eigenvalue weighted by Crippen LogP contribution is -2.54. The first kappa shape index (κ1) is 7.76. The lowest BCUT2D eigenvalue weighted by atomic mass is 10.1. The Hall–Kier alpha value is -0.870. The summed E-state index contributed by atoms with van der Waals surface area (Å²) in [7, 11) is 1.94. The van der Waals surface area contributed by atoms with Crippen molar-refractivity contribution in [2.24, 2.45) is 12.8 Å². The van der Waals surface area contributed by atoms with Crippen LogP contribution in [0.25, 0.3) is 0 Å². The van der Waals surface area contributed by atoms with Gasteiger partial charge in [-0.25, -0.2) is 0 Å². The van der Waals surface area contributed by atoms with Gasteiger partial charge in [0.15, 0.2) is 0 Å². The highest BCUT2D eigenvalue weighted by atomic mass is 15.3. The van der Waals surface area contributed by atoms with Crippen LogP contribution in [0.15, 0.2) is 12.3 Å². The van der Waals surface area contributed by atoms with Crippen LogP contribution in [0.4, 0.5) is 0 Å². The summed E-state index contributed by atoms with van der Waals surface area (Å²) < 4.78 is 1.83. The van der Waals surface area contributed by atoms with Crippen LogP contribution in [-0.4, -0.2) is 33.8 Å². The predicted octanol–water partition coefficient (Wildman–Crippen LogP) is -0.437. The molecule has 0 amide bonds. The van der Waals surface area contributed by atoms with Crippen molar-refractivity contribution in [1.82, 2.24) is 14.7 Å². The Bertz CT molecular complexity index is 262. The van der Waals surface area contributed by atoms with E-state index in [0.717, 1.165) is 25.3 Å². The zero-order chi connectivity index (χ0) is 8.55. The number of nitrogens with two attached hydrogens (primary N) is 1. The summed E-state index contributed by atoms with van der Waals surface area (Å²) in [5.41, 5.74) is 6.79. The van der Waals surface area contributed by atoms with Crippen molar-refractivity contribution in [3.63, 3.8) is 0 Å². The Balaban J connectivity index is 1.88. The van der Waals surface area contributed by atoms with Crippen molar-refractivity contribution in [3.8, 4) is 0 Å². The van der Waals surface area contributed by atoms with Crippen LogP contribution < -0.4 is 5.73 Å². The summed E-state index contributed by atoms with van der Waals surface area (Å²) in [6, 6.07) is 2.43. The molecule has 2 rings (SSSR count). The van der Waals surface area contributed by atoms with E-state index >= 15 is 0 Å². The quantitative estimate of drug-likeness (QED) is 0.648. The Labute approximate surface area is 72.0 Å². The van der Waals surface area contributed by atoms with Crippen molar-refractivity contribution in [1.29, 1.82) is 0 Å². The average Bonchev–Trinajstić information content (AvgIpc) is 2.33. The van der Waals surface area contributed by atoms with E-state index in [1.165, 1.54) is 0 Å². The largest absolute Gasteiger partial charge is 0.325 e. The minimum absolute atomic E-state index is 0.383. The van der Waals surface area contributed by atoms with Gasteiger partial charge in [-0.1, -0.05) is 0 Å². The summed E-state index contributed by atoms with van der Waals surface area (Å²) in [5.74, 6) is 0. The van der Waals surface area contributed by atoms with Crippen LogP contribution in [-0.2, 0) is 13.6 Å². The molecule has 0 spiro atoms. The zero-order valence-electron chi connectivity index (χ0n) is 7.27. The molecule has 66 valence electrons. The van der Waals surface area contributed by atoms with Crippen LogP contribution in [0.1, 0.15) is 5.69 Å². The van der Waals surface area contributed by atoms with E-state index in [0.29, 0.717) is 6.04 Å². The summed E-state index contributed by atoms with van der Waals surface area (Å²) in [4.78, 5) is 2.30. The highest BCUT2D eigenvalue weighted by Gasteiger charge is 2.22. The maximum Gasteiger partial charge on any atom is 0.0764 e. The molecule has 1 aliphatic rings. The molecule has 0 unspecified atom stereocenters. The molecule has 4 nitrogen and oxygen atoms in total. The highest BCUT2D eigenvalue weighted by molar-refractivity contribution is 5.00. The Morgan fingerprint density at radius 2 is 2.42 bits per heavy atom. The number of hydrogen-bond acceptors (Lipinski definition) is 3. The molecule has 1 aliphatic heterocycles. The number of likely N-dealkylation sites (tertiary alicyclic amines) is 1. The van der Waals surface area contributed by atoms with E-state index in [-0.39, 0.29) is 0 Å². The SMILES string of the molecule is Cn1ccc(CN2CC(N)C2)n1. The monoisotopic (exact) mass is 166 g/mol. The molecule has 1 aromatic heterocycles. The number of aromatic nitrogens is 2. The lowest BCUT2D eigenvalue weighted by Gasteiger charge is -2.36. The summed E-state index contributed by atoms with van der Waals surface area (Å²) in [6.07, 6.45) is 1.97. The van der Waals surface area contributed by atoms with E-state index in [2.05, 4.69) is 10.00 Å². The van der Waals surface area contributed by atoms with Crippen LogP contribution in [0, 0.1) is 0 Å². The van der Waals surface area contributed by atoms with Gasteiger partial charge in [0, 0.05) is 38.9 Å². The minimum Gasteiger partial charge on any atom is -0.325 e. The summed E-state index contributed by atoms with van der Waals surface area (Å²) in [5, 5.41) is 4.29. The van der Waals surface area contributed by atoms with E-state index in [9.17, 15) is 0 Å². The second kappa shape index (κ2) is 2.88. The van der Waals surface area contributed by atoms with Crippen molar-refractivity contribution in [2.75, 3.05) is 13.1 Å². The van der Waals surface area contributed by atoms with Crippen LogP contribution >= 0.6 is 0 Å². The summed E-state index contributed by atoms with van der Waals surface area (Å²) >= 11 is 0. The minimum atomic E-state index is 0.383. The Kier molecular flexibility index (Phi) is 1.86. The second-order valence-electron chi connectivity index (χ2n) is 3.43. The number of rotatable bonds is 2. The summed E-state index contributed by atoms with van der Waals surface area (Å²) in [6.45, 7) is 2.96. The Morgan fingerprint density at radius 3 is 2.92 bits per heavy atom. The van der Waals surface area contributed by atoms with Crippen molar-refractivity contribution < 1.29 is 0 Å². The number of nitrogens with zero attached hydrogens (tertiary/aromatic N) is 3. The van der Waals surface area contributed by atoms with E-state index in [1.807, 2.05) is 24.0 Å². The van der Waals surface area contributed by atoms with Gasteiger partial charge in [-0.3, -0.25) is 9.58 Å². The molecular formula is C8H14N4. The maximum atomic E-state index is 5.66. The van der Waals surface area contributed by atoms with Gasteiger partial charge in [-0.15, -0.1) is 0 Å². The third-order valence-corrected chi connectivity index (χ3v) is 2.14. The fourth-order valence-electron chi connectivity index (χ4n) is 1.52. The van der Waals surface area contributed by atoms with Gasteiger partial charge < -0.3 is 5.73 Å². The molecule has 0 saturated carbocycles. The molecular weight excluding hydrogens is 152 g/mol. The van der Waals surface area contributed by atoms with Gasteiger partial charge in [0.2, 0.25) is 0 Å². The first-order valence-corrected chi connectivity index (χ1v) is 4.20. The molecule has 4 heteroatoms. The molecule has 0 radical (unpaired) electrons. The van der Waals surface area contributed by atoms with Gasteiger partial charge in [-0.05, 0) is 6.07 Å². The van der Waals surface area contributed by atoms with Crippen molar-refractivity contribution >= 4 is 0 Å². The molecule has 0 bridgehead atoms. The molecule has 1 aromatic rings. The first-order chi connectivity index (χ1) is 5.74. The normalized spacial score (nSPS) is 19.5. The van der Waals surface area contributed by atoms with Gasteiger partial charge >= 0.3 is 0 Å². The zero-order valence-corrected chi connectivity index (χ0v) is 7.27. The smallest absolute Gasteiger partial charge is 0.0764 e. The molecule has 0 atom stereocenters. The van der Waals surface area contributed by atoms with E-state index in [1.54, 1.807) is 0 Å². The topological polar surface area (TPSA) is 47.1 Å². The van der Waals surface area contributed by atoms with Gasteiger partial charge in [0.1, 0.15) is 0 Å². The van der Waals surface area contributed by atoms with Gasteiger partial charge in [0.05, 0.1) is 5.69 Å². The molecule has 0 aliphatic carbocycles. The number of aryl methyl sites for hydroxylation is 1. The van der Waals surface area contributed by atoms with Crippen LogP contribution in [0.5, 0.6) is 0 Å². The van der Waals surface area contributed by atoms with Gasteiger partial charge in [-0.2, -0.15) is 5.10 Å². The second-order valence-corrected chi connectivity index (χ2v) is 3.43. The standard InChI is InChI=1S/C8H14N4/c1-11-3-2-8(10-11)6-12-4-7(9)5-12/h2-3,7H,4-6,9H2,1H3. The third-order valence-electron chi connectivity index (χ3n) is 2.14. The van der Waals surface area contributed by atoms with Crippen LogP contribution in [0.2, 0.25) is 0 Å². The first-order valence-electron chi connectivity index (χ1n) is 4.20. The highest BCUT2D eigenvalue weighted by Crippen LogP contribution is 2.09. The van der Waals surface area contributed by atoms with Gasteiger partial charge in [0.25, 0.3) is 0 Å². The maximum absolute atomic E-state index is 5.66. The molecule has 12 heavy (non-hydrogen) atoms. The molecule has 0 aromatic carbocycles. The fraction of sp³-hybridized carbons (Fsp3) is 0.625. The average molecular weight is 166 g/mol. The molecule has 2 N–H and O–H groups in total.